The van der Waals surface area contributed by atoms with E-state index in [0.29, 0.717) is 0 Å². The van der Waals surface area contributed by atoms with Crippen molar-refractivity contribution in [3.05, 3.63) is 70.3 Å². The van der Waals surface area contributed by atoms with Crippen LogP contribution in [0.4, 0.5) is 0 Å². The van der Waals surface area contributed by atoms with Crippen molar-refractivity contribution in [1.82, 2.24) is 4.90 Å². The molecule has 0 radical (unpaired) electrons. The highest BCUT2D eigenvalue weighted by atomic mass is 35.5. The minimum atomic E-state index is -0.992. The highest BCUT2D eigenvalue weighted by Gasteiger charge is 2.44. The standard InChI is InChI=1S/C23H28ClNO2/c1-25(2)16-20-6-4-5-19(15-17-7-11-21(24)12-8-17)23(20,26)18-9-13-22(27-3)14-10-18/h7-15,20,26H,4-6,16H2,1-3H3/b19-15-. The third kappa shape index (κ3) is 4.37. The molecule has 1 fully saturated rings. The zero-order valence-corrected chi connectivity index (χ0v) is 17.0. The molecule has 0 spiro atoms. The number of nitrogens with zero attached hydrogens (tertiary/aromatic N) is 1. The third-order valence-electron chi connectivity index (χ3n) is 5.41. The molecule has 27 heavy (non-hydrogen) atoms. The summed E-state index contributed by atoms with van der Waals surface area (Å²) in [6, 6.07) is 15.6. The number of methoxy groups -OCH3 is 1. The first-order chi connectivity index (χ1) is 12.9. The molecule has 0 aliphatic heterocycles. The summed E-state index contributed by atoms with van der Waals surface area (Å²) in [7, 11) is 5.78. The van der Waals surface area contributed by atoms with Gasteiger partial charge in [-0.25, -0.2) is 0 Å². The van der Waals surface area contributed by atoms with Crippen molar-refractivity contribution < 1.29 is 9.84 Å². The molecule has 1 N–H and O–H groups in total. The van der Waals surface area contributed by atoms with Gasteiger partial charge in [-0.05, 0) is 74.3 Å². The van der Waals surface area contributed by atoms with Crippen LogP contribution in [0.2, 0.25) is 5.02 Å². The smallest absolute Gasteiger partial charge is 0.118 e. The van der Waals surface area contributed by atoms with Gasteiger partial charge in [-0.15, -0.1) is 0 Å². The molecule has 0 aromatic heterocycles. The van der Waals surface area contributed by atoms with Crippen molar-refractivity contribution in [3.8, 4) is 5.75 Å². The summed E-state index contributed by atoms with van der Waals surface area (Å²) in [6.07, 6.45) is 5.09. The zero-order chi connectivity index (χ0) is 19.4. The summed E-state index contributed by atoms with van der Waals surface area (Å²) in [5.41, 5.74) is 2.06. The number of hydrogen-bond donors (Lipinski definition) is 1. The van der Waals surface area contributed by atoms with Crippen molar-refractivity contribution in [1.29, 1.82) is 0 Å². The van der Waals surface area contributed by atoms with E-state index in [1.54, 1.807) is 7.11 Å². The first-order valence-corrected chi connectivity index (χ1v) is 9.79. The maximum Gasteiger partial charge on any atom is 0.118 e. The van der Waals surface area contributed by atoms with E-state index in [0.717, 1.165) is 53.3 Å². The average molecular weight is 386 g/mol. The largest absolute Gasteiger partial charge is 0.497 e. The Labute approximate surface area is 167 Å². The first kappa shape index (κ1) is 19.9. The Morgan fingerprint density at radius 3 is 2.41 bits per heavy atom. The summed E-state index contributed by atoms with van der Waals surface area (Å²) >= 11 is 6.03. The minimum Gasteiger partial charge on any atom is -0.497 e. The molecule has 1 aliphatic rings. The molecule has 2 aromatic carbocycles. The van der Waals surface area contributed by atoms with Crippen LogP contribution in [0.25, 0.3) is 6.08 Å². The third-order valence-corrected chi connectivity index (χ3v) is 5.66. The van der Waals surface area contributed by atoms with Gasteiger partial charge in [-0.1, -0.05) is 41.9 Å². The van der Waals surface area contributed by atoms with Crippen molar-refractivity contribution in [2.45, 2.75) is 24.9 Å². The van der Waals surface area contributed by atoms with E-state index in [1.807, 2.05) is 48.5 Å². The lowest BCUT2D eigenvalue weighted by atomic mass is 9.67. The Kier molecular flexibility index (Phi) is 6.25. The van der Waals surface area contributed by atoms with E-state index in [-0.39, 0.29) is 5.92 Å². The number of benzene rings is 2. The lowest BCUT2D eigenvalue weighted by Gasteiger charge is -2.44. The maximum atomic E-state index is 12.0. The number of ether oxygens (including phenoxy) is 1. The number of hydrogen-bond acceptors (Lipinski definition) is 3. The Balaban J connectivity index is 2.06. The van der Waals surface area contributed by atoms with Crippen LogP contribution in [0, 0.1) is 5.92 Å². The van der Waals surface area contributed by atoms with Crippen LogP contribution >= 0.6 is 11.6 Å². The minimum absolute atomic E-state index is 0.133. The van der Waals surface area contributed by atoms with Gasteiger partial charge in [-0.2, -0.15) is 0 Å². The summed E-state index contributed by atoms with van der Waals surface area (Å²) in [4.78, 5) is 2.16. The van der Waals surface area contributed by atoms with E-state index in [9.17, 15) is 5.11 Å². The van der Waals surface area contributed by atoms with Crippen molar-refractivity contribution in [3.63, 3.8) is 0 Å². The summed E-state index contributed by atoms with van der Waals surface area (Å²) < 4.78 is 5.30. The van der Waals surface area contributed by atoms with Gasteiger partial charge >= 0.3 is 0 Å². The van der Waals surface area contributed by atoms with Crippen molar-refractivity contribution in [2.24, 2.45) is 5.92 Å². The topological polar surface area (TPSA) is 32.7 Å². The molecule has 2 atom stereocenters. The van der Waals surface area contributed by atoms with Crippen LogP contribution in [-0.2, 0) is 5.60 Å². The van der Waals surface area contributed by atoms with Gasteiger partial charge in [0.15, 0.2) is 0 Å². The SMILES string of the molecule is COc1ccc(C2(O)/C(=C\c3ccc(Cl)cc3)CCCC2CN(C)C)cc1. The highest BCUT2D eigenvalue weighted by Crippen LogP contribution is 2.46. The molecule has 0 saturated heterocycles. The van der Waals surface area contributed by atoms with Gasteiger partial charge in [0.25, 0.3) is 0 Å². The molecule has 0 amide bonds. The molecule has 1 saturated carbocycles. The lowest BCUT2D eigenvalue weighted by Crippen LogP contribution is -2.44. The molecule has 2 unspecified atom stereocenters. The predicted molar refractivity (Wildman–Crippen MR) is 112 cm³/mol. The Hall–Kier alpha value is -1.81. The van der Waals surface area contributed by atoms with Gasteiger partial charge in [0.05, 0.1) is 7.11 Å². The van der Waals surface area contributed by atoms with Gasteiger partial charge in [0.1, 0.15) is 11.4 Å². The van der Waals surface area contributed by atoms with E-state index in [1.165, 1.54) is 0 Å². The molecule has 1 aliphatic carbocycles. The van der Waals surface area contributed by atoms with E-state index in [2.05, 4.69) is 25.1 Å². The second-order valence-corrected chi connectivity index (χ2v) is 8.00. The highest BCUT2D eigenvalue weighted by molar-refractivity contribution is 6.30. The van der Waals surface area contributed by atoms with Gasteiger partial charge in [0.2, 0.25) is 0 Å². The molecule has 3 rings (SSSR count). The molecular weight excluding hydrogens is 358 g/mol. The van der Waals surface area contributed by atoms with Crippen LogP contribution in [0.15, 0.2) is 54.1 Å². The van der Waals surface area contributed by atoms with Gasteiger partial charge in [-0.3, -0.25) is 0 Å². The molecule has 3 nitrogen and oxygen atoms in total. The molecule has 2 aromatic rings. The average Bonchev–Trinajstić information content (AvgIpc) is 2.66. The Morgan fingerprint density at radius 2 is 1.81 bits per heavy atom. The first-order valence-electron chi connectivity index (χ1n) is 9.41. The molecular formula is C23H28ClNO2. The number of halogens is 1. The van der Waals surface area contributed by atoms with Crippen LogP contribution in [-0.4, -0.2) is 37.8 Å². The van der Waals surface area contributed by atoms with Crippen LogP contribution in [0.1, 0.15) is 30.4 Å². The molecule has 0 bridgehead atoms. The number of rotatable bonds is 5. The van der Waals surface area contributed by atoms with Gasteiger partial charge in [0, 0.05) is 17.5 Å². The molecule has 4 heteroatoms. The predicted octanol–water partition coefficient (Wildman–Crippen LogP) is 4.98. The van der Waals surface area contributed by atoms with Crippen LogP contribution in [0.3, 0.4) is 0 Å². The van der Waals surface area contributed by atoms with Gasteiger partial charge < -0.3 is 14.7 Å². The Bertz CT molecular complexity index is 783. The fraction of sp³-hybridized carbons (Fsp3) is 0.391. The fourth-order valence-corrected chi connectivity index (χ4v) is 4.20. The summed E-state index contributed by atoms with van der Waals surface area (Å²) in [5.74, 6) is 0.929. The van der Waals surface area contributed by atoms with E-state index in [4.69, 9.17) is 16.3 Å². The van der Waals surface area contributed by atoms with Crippen molar-refractivity contribution in [2.75, 3.05) is 27.7 Å². The monoisotopic (exact) mass is 385 g/mol. The summed E-state index contributed by atoms with van der Waals surface area (Å²) in [5, 5.41) is 12.7. The Morgan fingerprint density at radius 1 is 1.15 bits per heavy atom. The van der Waals surface area contributed by atoms with Crippen LogP contribution in [0.5, 0.6) is 5.75 Å². The number of aliphatic hydroxyl groups is 1. The second-order valence-electron chi connectivity index (χ2n) is 7.57. The van der Waals surface area contributed by atoms with Crippen LogP contribution < -0.4 is 4.74 Å². The quantitative estimate of drug-likeness (QED) is 0.787. The fourth-order valence-electron chi connectivity index (χ4n) is 4.07. The van der Waals surface area contributed by atoms with Crippen molar-refractivity contribution >= 4 is 17.7 Å². The van der Waals surface area contributed by atoms with E-state index >= 15 is 0 Å². The maximum absolute atomic E-state index is 12.0. The normalized spacial score (nSPS) is 24.4. The molecule has 0 heterocycles. The molecule has 144 valence electrons. The summed E-state index contributed by atoms with van der Waals surface area (Å²) in [6.45, 7) is 0.834. The van der Waals surface area contributed by atoms with E-state index < -0.39 is 5.60 Å². The second kappa shape index (κ2) is 8.47. The lowest BCUT2D eigenvalue weighted by molar-refractivity contribution is -0.0174. The zero-order valence-electron chi connectivity index (χ0n) is 16.3.